The summed E-state index contributed by atoms with van der Waals surface area (Å²) < 4.78 is 30.6. The molecular weight excluding hydrogens is 273 g/mol. The predicted molar refractivity (Wildman–Crippen MR) is 56.8 cm³/mol. The summed E-state index contributed by atoms with van der Waals surface area (Å²) in [5, 5.41) is 0.481. The number of hydrogen-bond donors (Lipinski definition) is 0. The second kappa shape index (κ2) is 5.75. The van der Waals surface area contributed by atoms with Gasteiger partial charge < -0.3 is 0 Å². The van der Waals surface area contributed by atoms with Gasteiger partial charge in [-0.1, -0.05) is 17.7 Å². The number of rotatable bonds is 0. The first-order valence-corrected chi connectivity index (χ1v) is 6.77. The molecular formula is C7H6Cl3FO2S. The molecule has 0 N–H and O–H groups in total. The van der Waals surface area contributed by atoms with Crippen LogP contribution in [-0.2, 0) is 8.26 Å². The first-order chi connectivity index (χ1) is 6.20. The number of hydrogen-bond acceptors (Lipinski definition) is 2. The molecule has 0 saturated carbocycles. The van der Waals surface area contributed by atoms with Crippen LogP contribution in [0.3, 0.4) is 0 Å². The van der Waals surface area contributed by atoms with Crippen LogP contribution < -0.4 is 0 Å². The molecule has 80 valence electrons. The summed E-state index contributed by atoms with van der Waals surface area (Å²) in [5.41, 5.74) is 0.901. The number of benzene rings is 1. The van der Waals surface area contributed by atoms with Gasteiger partial charge in [0.25, 0.3) is 0 Å². The van der Waals surface area contributed by atoms with Gasteiger partial charge in [-0.2, -0.15) is 8.42 Å². The lowest BCUT2D eigenvalue weighted by atomic mass is 10.2. The third-order valence-electron chi connectivity index (χ3n) is 1.13. The highest BCUT2D eigenvalue weighted by Gasteiger charge is 1.94. The molecule has 14 heavy (non-hydrogen) atoms. The van der Waals surface area contributed by atoms with E-state index in [1.54, 1.807) is 6.07 Å². The standard InChI is InChI=1S/C7H6ClF.Cl2O2S/c1-5-2-3-6(9)4-7(5)8;1-5(2,3)4/h2-4H,1H3;. The summed E-state index contributed by atoms with van der Waals surface area (Å²) in [7, 11) is 4.81. The van der Waals surface area contributed by atoms with Crippen LogP contribution in [-0.4, -0.2) is 8.42 Å². The molecule has 0 amide bonds. The Morgan fingerprint density at radius 1 is 1.29 bits per heavy atom. The van der Waals surface area contributed by atoms with Gasteiger partial charge in [0.05, 0.1) is 0 Å². The maximum Gasteiger partial charge on any atom is 0.317 e. The monoisotopic (exact) mass is 278 g/mol. The topological polar surface area (TPSA) is 34.1 Å². The maximum atomic E-state index is 12.3. The zero-order valence-electron chi connectivity index (χ0n) is 6.97. The van der Waals surface area contributed by atoms with Crippen molar-refractivity contribution in [2.45, 2.75) is 6.92 Å². The smallest absolute Gasteiger partial charge is 0.207 e. The lowest BCUT2D eigenvalue weighted by molar-refractivity contribution is 0.621. The maximum absolute atomic E-state index is 12.3. The molecule has 0 fully saturated rings. The summed E-state index contributed by atoms with van der Waals surface area (Å²) in [6, 6.07) is 4.34. The van der Waals surface area contributed by atoms with Crippen LogP contribution in [0.15, 0.2) is 18.2 Å². The fourth-order valence-corrected chi connectivity index (χ4v) is 0.734. The zero-order valence-corrected chi connectivity index (χ0v) is 10.1. The van der Waals surface area contributed by atoms with Crippen molar-refractivity contribution in [3.63, 3.8) is 0 Å². The van der Waals surface area contributed by atoms with Gasteiger partial charge in [-0.15, -0.1) is 0 Å². The van der Waals surface area contributed by atoms with Crippen molar-refractivity contribution in [3.8, 4) is 0 Å². The molecule has 0 saturated heterocycles. The zero-order chi connectivity index (χ0) is 11.4. The van der Waals surface area contributed by atoms with Crippen molar-refractivity contribution in [2.75, 3.05) is 0 Å². The molecule has 1 aromatic rings. The van der Waals surface area contributed by atoms with E-state index in [-0.39, 0.29) is 5.82 Å². The molecule has 7 heteroatoms. The minimum Gasteiger partial charge on any atom is -0.207 e. The molecule has 0 heterocycles. The molecule has 2 nitrogen and oxygen atoms in total. The summed E-state index contributed by atoms with van der Waals surface area (Å²) in [5.74, 6) is -0.286. The fraction of sp³-hybridized carbons (Fsp3) is 0.143. The molecule has 0 aliphatic heterocycles. The highest BCUT2D eigenvalue weighted by molar-refractivity contribution is 8.31. The first-order valence-electron chi connectivity index (χ1n) is 3.26. The van der Waals surface area contributed by atoms with E-state index >= 15 is 0 Å². The van der Waals surface area contributed by atoms with Gasteiger partial charge >= 0.3 is 8.26 Å². The Kier molecular flexibility index (Phi) is 5.74. The third kappa shape index (κ3) is 8.56. The molecule has 0 radical (unpaired) electrons. The highest BCUT2D eigenvalue weighted by Crippen LogP contribution is 2.14. The average molecular weight is 280 g/mol. The summed E-state index contributed by atoms with van der Waals surface area (Å²) >= 11 is 5.57. The van der Waals surface area contributed by atoms with E-state index in [0.717, 1.165) is 5.56 Å². The van der Waals surface area contributed by atoms with E-state index in [0.29, 0.717) is 5.02 Å². The van der Waals surface area contributed by atoms with Gasteiger partial charge in [-0.25, -0.2) is 4.39 Å². The largest absolute Gasteiger partial charge is 0.317 e. The van der Waals surface area contributed by atoms with Crippen LogP contribution in [0.5, 0.6) is 0 Å². The van der Waals surface area contributed by atoms with Gasteiger partial charge in [0.2, 0.25) is 0 Å². The van der Waals surface area contributed by atoms with Crippen molar-refractivity contribution in [1.82, 2.24) is 0 Å². The Morgan fingerprint density at radius 2 is 1.71 bits per heavy atom. The summed E-state index contributed by atoms with van der Waals surface area (Å²) in [6.07, 6.45) is 0. The van der Waals surface area contributed by atoms with Crippen LogP contribution in [0, 0.1) is 12.7 Å². The van der Waals surface area contributed by atoms with E-state index in [2.05, 4.69) is 21.4 Å². The average Bonchev–Trinajstić information content (AvgIpc) is 1.94. The summed E-state index contributed by atoms with van der Waals surface area (Å²) in [6.45, 7) is 1.84. The molecule has 0 atom stereocenters. The van der Waals surface area contributed by atoms with E-state index in [9.17, 15) is 4.39 Å². The van der Waals surface area contributed by atoms with Gasteiger partial charge in [-0.05, 0) is 24.6 Å². The minimum atomic E-state index is -3.72. The number of halogens is 4. The van der Waals surface area contributed by atoms with Gasteiger partial charge in [0.1, 0.15) is 5.82 Å². The quantitative estimate of drug-likeness (QED) is 0.681. The SMILES string of the molecule is Cc1ccc(F)cc1Cl.O=S(=O)(Cl)Cl. The molecule has 0 spiro atoms. The van der Waals surface area contributed by atoms with E-state index in [1.807, 2.05) is 6.92 Å². The van der Waals surface area contributed by atoms with Crippen LogP contribution in [0.25, 0.3) is 0 Å². The number of aryl methyl sites for hydroxylation is 1. The van der Waals surface area contributed by atoms with Gasteiger partial charge in [-0.3, -0.25) is 0 Å². The highest BCUT2D eigenvalue weighted by atomic mass is 36.0. The van der Waals surface area contributed by atoms with Crippen LogP contribution >= 0.6 is 33.0 Å². The first kappa shape index (κ1) is 14.0. The van der Waals surface area contributed by atoms with Crippen LogP contribution in [0.1, 0.15) is 5.56 Å². The van der Waals surface area contributed by atoms with Crippen molar-refractivity contribution in [1.29, 1.82) is 0 Å². The minimum absolute atomic E-state index is 0.286. The molecule has 0 aliphatic rings. The van der Waals surface area contributed by atoms with Gasteiger partial charge in [0, 0.05) is 26.4 Å². The second-order valence-corrected chi connectivity index (χ2v) is 6.35. The molecule has 0 unspecified atom stereocenters. The van der Waals surface area contributed by atoms with E-state index in [1.165, 1.54) is 12.1 Å². The predicted octanol–water partition coefficient (Wildman–Crippen LogP) is 3.50. The van der Waals surface area contributed by atoms with Crippen LogP contribution in [0.2, 0.25) is 5.02 Å². The Bertz CT molecular complexity index is 397. The fourth-order valence-electron chi connectivity index (χ4n) is 0.567. The van der Waals surface area contributed by atoms with E-state index in [4.69, 9.17) is 20.0 Å². The Hall–Kier alpha value is -0.0300. The molecule has 0 bridgehead atoms. The van der Waals surface area contributed by atoms with Crippen molar-refractivity contribution in [2.24, 2.45) is 0 Å². The van der Waals surface area contributed by atoms with Crippen molar-refractivity contribution < 1.29 is 12.8 Å². The third-order valence-corrected chi connectivity index (χ3v) is 1.54. The molecule has 0 aliphatic carbocycles. The lowest BCUT2D eigenvalue weighted by Crippen LogP contribution is -1.76. The molecule has 1 rings (SSSR count). The second-order valence-electron chi connectivity index (χ2n) is 2.27. The normalized spacial score (nSPS) is 10.4. The Labute approximate surface area is 95.5 Å². The van der Waals surface area contributed by atoms with E-state index < -0.39 is 8.26 Å². The Morgan fingerprint density at radius 3 is 2.00 bits per heavy atom. The van der Waals surface area contributed by atoms with Crippen molar-refractivity contribution in [3.05, 3.63) is 34.6 Å². The van der Waals surface area contributed by atoms with Crippen molar-refractivity contribution >= 4 is 41.2 Å². The Balaban J connectivity index is 0.000000292. The summed E-state index contributed by atoms with van der Waals surface area (Å²) in [4.78, 5) is 0. The lowest BCUT2D eigenvalue weighted by Gasteiger charge is -1.93. The van der Waals surface area contributed by atoms with Gasteiger partial charge in [0.15, 0.2) is 0 Å². The molecule has 0 aromatic heterocycles. The van der Waals surface area contributed by atoms with Crippen LogP contribution in [0.4, 0.5) is 4.39 Å². The molecule has 1 aromatic carbocycles.